The molecule has 0 fully saturated rings. The molecule has 0 saturated heterocycles. The molecule has 1 rings (SSSR count). The van der Waals surface area contributed by atoms with E-state index in [1.54, 1.807) is 0 Å². The van der Waals surface area contributed by atoms with Gasteiger partial charge in [-0.25, -0.2) is 0 Å². The van der Waals surface area contributed by atoms with Crippen LogP contribution in [0, 0.1) is 6.08 Å². The van der Waals surface area contributed by atoms with E-state index in [-0.39, 0.29) is 0 Å². The molecule has 0 aromatic rings. The smallest absolute Gasteiger partial charge is 0.0184 e. The molecule has 0 N–H and O–H groups in total. The average molecular weight is 159 g/mol. The molecule has 1 aliphatic rings. The largest absolute Gasteiger partial charge is 0.0845 e. The first-order valence-electron chi connectivity index (χ1n) is 4.56. The van der Waals surface area contributed by atoms with E-state index >= 15 is 0 Å². The quantitative estimate of drug-likeness (QED) is 0.506. The minimum atomic E-state index is 1.19. The van der Waals surface area contributed by atoms with Gasteiger partial charge in [0.15, 0.2) is 0 Å². The van der Waals surface area contributed by atoms with Crippen LogP contribution in [0.3, 0.4) is 0 Å². The summed E-state index contributed by atoms with van der Waals surface area (Å²) in [6.07, 6.45) is 22.5. The fourth-order valence-electron chi connectivity index (χ4n) is 1.09. The van der Waals surface area contributed by atoms with Gasteiger partial charge in [-0.2, -0.15) is 0 Å². The van der Waals surface area contributed by atoms with Crippen LogP contribution in [0.4, 0.5) is 0 Å². The number of hydrogen-bond acceptors (Lipinski definition) is 0. The highest BCUT2D eigenvalue weighted by Gasteiger charge is 1.82. The Morgan fingerprint density at radius 3 is 2.42 bits per heavy atom. The van der Waals surface area contributed by atoms with Crippen LogP contribution in [-0.4, -0.2) is 0 Å². The van der Waals surface area contributed by atoms with Crippen LogP contribution in [0.15, 0.2) is 42.5 Å². The summed E-state index contributed by atoms with van der Waals surface area (Å²) in [7, 11) is 0. The second-order valence-corrected chi connectivity index (χ2v) is 2.83. The van der Waals surface area contributed by atoms with E-state index in [1.165, 1.54) is 25.7 Å². The Balaban J connectivity index is 2.43. The summed E-state index contributed by atoms with van der Waals surface area (Å²) in [4.78, 5) is 0. The van der Waals surface area contributed by atoms with E-state index in [2.05, 4.69) is 30.4 Å². The van der Waals surface area contributed by atoms with E-state index < -0.39 is 0 Å². The molecule has 0 spiro atoms. The molecule has 63 valence electrons. The number of rotatable bonds is 0. The molecule has 0 heteroatoms. The third kappa shape index (κ3) is 4.73. The molecule has 0 amide bonds. The Labute approximate surface area is 75.0 Å². The zero-order valence-electron chi connectivity index (χ0n) is 7.37. The molecule has 0 nitrogen and oxygen atoms in total. The minimum absolute atomic E-state index is 1.19. The summed E-state index contributed by atoms with van der Waals surface area (Å²) >= 11 is 0. The molecule has 0 atom stereocenters. The van der Waals surface area contributed by atoms with Crippen molar-refractivity contribution in [2.45, 2.75) is 25.7 Å². The molecule has 1 radical (unpaired) electrons. The molecule has 12 heavy (non-hydrogen) atoms. The number of allylic oxidation sites excluding steroid dienone is 8. The summed E-state index contributed by atoms with van der Waals surface area (Å²) in [6.45, 7) is 0. The van der Waals surface area contributed by atoms with Gasteiger partial charge in [0.25, 0.3) is 0 Å². The topological polar surface area (TPSA) is 0 Å². The molecule has 0 aromatic heterocycles. The Hall–Kier alpha value is -1.04. The molecule has 0 unspecified atom stereocenters. The van der Waals surface area contributed by atoms with Crippen LogP contribution in [-0.2, 0) is 0 Å². The van der Waals surface area contributed by atoms with Crippen molar-refractivity contribution in [3.05, 3.63) is 48.6 Å². The lowest BCUT2D eigenvalue weighted by molar-refractivity contribution is 0.762. The van der Waals surface area contributed by atoms with Crippen LogP contribution >= 0.6 is 0 Å². The van der Waals surface area contributed by atoms with E-state index in [4.69, 9.17) is 0 Å². The van der Waals surface area contributed by atoms with Crippen molar-refractivity contribution in [1.82, 2.24) is 0 Å². The maximum Gasteiger partial charge on any atom is -0.0184 e. The van der Waals surface area contributed by atoms with Crippen molar-refractivity contribution in [2.24, 2.45) is 0 Å². The highest BCUT2D eigenvalue weighted by Crippen LogP contribution is 2.02. The van der Waals surface area contributed by atoms with Crippen LogP contribution in [0.1, 0.15) is 25.7 Å². The molecule has 1 aliphatic carbocycles. The third-order valence-corrected chi connectivity index (χ3v) is 1.76. The van der Waals surface area contributed by atoms with Gasteiger partial charge in [0.1, 0.15) is 0 Å². The predicted octanol–water partition coefficient (Wildman–Crippen LogP) is 3.59. The Morgan fingerprint density at radius 1 is 0.833 bits per heavy atom. The molecule has 0 heterocycles. The van der Waals surface area contributed by atoms with E-state index in [1.807, 2.05) is 18.2 Å². The highest BCUT2D eigenvalue weighted by molar-refractivity contribution is 5.11. The van der Waals surface area contributed by atoms with Crippen molar-refractivity contribution in [2.75, 3.05) is 0 Å². The summed E-state index contributed by atoms with van der Waals surface area (Å²) in [6, 6.07) is 0. The van der Waals surface area contributed by atoms with E-state index in [0.717, 1.165) is 0 Å². The molecule has 0 aromatic carbocycles. The van der Waals surface area contributed by atoms with E-state index in [0.29, 0.717) is 0 Å². The fraction of sp³-hybridized carbons (Fsp3) is 0.333. The Morgan fingerprint density at radius 2 is 1.58 bits per heavy atom. The van der Waals surface area contributed by atoms with Crippen LogP contribution in [0.5, 0.6) is 0 Å². The van der Waals surface area contributed by atoms with Gasteiger partial charge in [0.2, 0.25) is 0 Å². The summed E-state index contributed by atoms with van der Waals surface area (Å²) < 4.78 is 0. The van der Waals surface area contributed by atoms with Gasteiger partial charge in [-0.15, -0.1) is 0 Å². The van der Waals surface area contributed by atoms with Gasteiger partial charge in [-0.05, 0) is 31.8 Å². The lowest BCUT2D eigenvalue weighted by Crippen LogP contribution is -1.72. The zero-order valence-corrected chi connectivity index (χ0v) is 7.37. The Bertz CT molecular complexity index is 180. The van der Waals surface area contributed by atoms with Crippen molar-refractivity contribution in [3.8, 4) is 0 Å². The summed E-state index contributed by atoms with van der Waals surface area (Å²) in [5.74, 6) is 0. The maximum absolute atomic E-state index is 3.06. The van der Waals surface area contributed by atoms with Crippen molar-refractivity contribution < 1.29 is 0 Å². The maximum atomic E-state index is 3.06. The first-order chi connectivity index (χ1) is 6.00. The van der Waals surface area contributed by atoms with E-state index in [9.17, 15) is 0 Å². The van der Waals surface area contributed by atoms with Crippen molar-refractivity contribution in [3.63, 3.8) is 0 Å². The molecular weight excluding hydrogens is 144 g/mol. The summed E-state index contributed by atoms with van der Waals surface area (Å²) in [5.41, 5.74) is 0. The zero-order chi connectivity index (χ0) is 8.49. The highest BCUT2D eigenvalue weighted by atomic mass is 13.9. The van der Waals surface area contributed by atoms with Crippen molar-refractivity contribution >= 4 is 0 Å². The monoisotopic (exact) mass is 159 g/mol. The first kappa shape index (κ1) is 9.05. The van der Waals surface area contributed by atoms with Gasteiger partial charge < -0.3 is 0 Å². The normalized spacial score (nSPS) is 29.3. The lowest BCUT2D eigenvalue weighted by Gasteiger charge is -1.92. The lowest BCUT2D eigenvalue weighted by atomic mass is 10.1. The minimum Gasteiger partial charge on any atom is -0.0845 e. The second-order valence-electron chi connectivity index (χ2n) is 2.83. The first-order valence-corrected chi connectivity index (χ1v) is 4.56. The van der Waals surface area contributed by atoms with Gasteiger partial charge >= 0.3 is 0 Å². The standard InChI is InChI=1S/C12H15/c1-2-4-6-8-10-12-11-9-7-5-3-1/h1-4,8,10,12H,5,7,9,11H2/b3-1-,4-2-,8-6?,12-10-. The van der Waals surface area contributed by atoms with Gasteiger partial charge in [0, 0.05) is 0 Å². The third-order valence-electron chi connectivity index (χ3n) is 1.76. The second kappa shape index (κ2) is 6.66. The fourth-order valence-corrected chi connectivity index (χ4v) is 1.09. The average Bonchev–Trinajstić information content (AvgIpc) is 2.05. The number of hydrogen-bond donors (Lipinski definition) is 0. The van der Waals surface area contributed by atoms with Crippen LogP contribution in [0.25, 0.3) is 0 Å². The van der Waals surface area contributed by atoms with Gasteiger partial charge in [-0.1, -0.05) is 42.5 Å². The van der Waals surface area contributed by atoms with Gasteiger partial charge in [0.05, 0.1) is 0 Å². The molecular formula is C12H15. The van der Waals surface area contributed by atoms with Crippen LogP contribution in [0.2, 0.25) is 0 Å². The Kier molecular flexibility index (Phi) is 5.02. The SMILES string of the molecule is [C]1=C/C=C\CCCC/C=C\C=C/1. The van der Waals surface area contributed by atoms with Crippen molar-refractivity contribution in [1.29, 1.82) is 0 Å². The summed E-state index contributed by atoms with van der Waals surface area (Å²) in [5, 5.41) is 0. The molecule has 0 aliphatic heterocycles. The molecule has 0 saturated carbocycles. The van der Waals surface area contributed by atoms with Gasteiger partial charge in [-0.3, -0.25) is 0 Å². The molecule has 0 bridgehead atoms. The van der Waals surface area contributed by atoms with Crippen LogP contribution < -0.4 is 0 Å². The predicted molar refractivity (Wildman–Crippen MR) is 53.7 cm³/mol.